The first kappa shape index (κ1) is 20.6. The van der Waals surface area contributed by atoms with Gasteiger partial charge in [0, 0.05) is 0 Å². The summed E-state index contributed by atoms with van der Waals surface area (Å²) in [6.45, 7) is 2.27. The molecule has 5 aliphatic carbocycles. The fraction of sp³-hybridized carbons (Fsp3) is 0.414. The third-order valence-electron chi connectivity index (χ3n) is 8.07. The van der Waals surface area contributed by atoms with E-state index in [-0.39, 0.29) is 26.2 Å². The normalized spacial score (nSPS) is 33.3. The van der Waals surface area contributed by atoms with Crippen LogP contribution in [0.5, 0.6) is 0 Å². The summed E-state index contributed by atoms with van der Waals surface area (Å²) in [5, 5.41) is 5.39. The number of fused-ring (bicyclic) bond motifs is 3. The molecule has 150 valence electrons. The zero-order valence-electron chi connectivity index (χ0n) is 17.9. The minimum Gasteiger partial charge on any atom is -0.266 e. The summed E-state index contributed by atoms with van der Waals surface area (Å²) < 4.78 is 0. The molecule has 4 bridgehead atoms. The zero-order chi connectivity index (χ0) is 19.4. The van der Waals surface area contributed by atoms with Gasteiger partial charge in [0.2, 0.25) is 0 Å². The summed E-state index contributed by atoms with van der Waals surface area (Å²) in [6.07, 6.45) is 17.6. The van der Waals surface area contributed by atoms with E-state index in [9.17, 15) is 0 Å². The van der Waals surface area contributed by atoms with Crippen molar-refractivity contribution in [2.45, 2.75) is 45.4 Å². The minimum atomic E-state index is 0. The summed E-state index contributed by atoms with van der Waals surface area (Å²) in [4.78, 5) is 0. The molecule has 3 aromatic carbocycles. The molecule has 30 heavy (non-hydrogen) atoms. The second kappa shape index (κ2) is 7.98. The van der Waals surface area contributed by atoms with Crippen LogP contribution in [0.25, 0.3) is 21.5 Å². The largest absolute Gasteiger partial charge is 2.00 e. The van der Waals surface area contributed by atoms with E-state index < -0.39 is 0 Å². The SMILES string of the molecule is CC1[C-]=C(C23CC4CC(CC(C4)C2)C3)C=C1.[Zr+2].c1ccc2c(c1)[cH-]c1ccccc12. The molecule has 4 fully saturated rings. The number of benzene rings is 2. The average molecular weight is 470 g/mol. The summed E-state index contributed by atoms with van der Waals surface area (Å²) in [5.41, 5.74) is 2.18. The third-order valence-corrected chi connectivity index (χ3v) is 8.07. The Morgan fingerprint density at radius 3 is 1.77 bits per heavy atom. The Morgan fingerprint density at radius 2 is 1.30 bits per heavy atom. The van der Waals surface area contributed by atoms with Crippen molar-refractivity contribution in [3.63, 3.8) is 0 Å². The van der Waals surface area contributed by atoms with E-state index in [1.807, 2.05) is 0 Å². The molecule has 1 atom stereocenters. The Morgan fingerprint density at radius 1 is 0.800 bits per heavy atom. The van der Waals surface area contributed by atoms with Gasteiger partial charge >= 0.3 is 26.2 Å². The second-order valence-electron chi connectivity index (χ2n) is 10.2. The molecule has 0 aliphatic heterocycles. The van der Waals surface area contributed by atoms with Crippen LogP contribution in [-0.2, 0) is 26.2 Å². The third kappa shape index (κ3) is 3.52. The van der Waals surface area contributed by atoms with Crippen LogP contribution in [0.15, 0.2) is 72.3 Å². The van der Waals surface area contributed by atoms with E-state index in [1.54, 1.807) is 24.8 Å². The van der Waals surface area contributed by atoms with E-state index in [2.05, 4.69) is 79.7 Å². The molecule has 0 amide bonds. The van der Waals surface area contributed by atoms with Gasteiger partial charge in [-0.2, -0.15) is 6.08 Å². The van der Waals surface area contributed by atoms with Gasteiger partial charge in [-0.15, -0.1) is 39.7 Å². The van der Waals surface area contributed by atoms with Crippen molar-refractivity contribution >= 4 is 21.5 Å². The first-order valence-corrected chi connectivity index (χ1v) is 11.5. The molecule has 0 aromatic heterocycles. The van der Waals surface area contributed by atoms with Crippen LogP contribution in [0.4, 0.5) is 0 Å². The van der Waals surface area contributed by atoms with Gasteiger partial charge in [0.1, 0.15) is 0 Å². The molecule has 0 spiro atoms. The van der Waals surface area contributed by atoms with Crippen LogP contribution >= 0.6 is 0 Å². The molecule has 0 saturated heterocycles. The molecule has 3 aromatic rings. The molecular formula is C29H30Zr. The molecule has 0 nitrogen and oxygen atoms in total. The molecule has 0 N–H and O–H groups in total. The average Bonchev–Trinajstić information content (AvgIpc) is 3.31. The van der Waals surface area contributed by atoms with E-state index in [4.69, 9.17) is 0 Å². The quantitative estimate of drug-likeness (QED) is 0.318. The summed E-state index contributed by atoms with van der Waals surface area (Å²) in [5.74, 6) is 3.75. The Hall–Kier alpha value is -1.33. The molecule has 1 unspecified atom stereocenters. The van der Waals surface area contributed by atoms with E-state index in [0.717, 1.165) is 17.8 Å². The minimum absolute atomic E-state index is 0. The van der Waals surface area contributed by atoms with Gasteiger partial charge in [-0.25, -0.2) is 11.6 Å². The van der Waals surface area contributed by atoms with Crippen molar-refractivity contribution in [1.29, 1.82) is 0 Å². The molecule has 0 radical (unpaired) electrons. The summed E-state index contributed by atoms with van der Waals surface area (Å²) in [6, 6.07) is 19.3. The van der Waals surface area contributed by atoms with Crippen molar-refractivity contribution in [3.05, 3.63) is 78.4 Å². The van der Waals surface area contributed by atoms with Crippen molar-refractivity contribution in [2.24, 2.45) is 29.1 Å². The van der Waals surface area contributed by atoms with Gasteiger partial charge in [0.05, 0.1) is 0 Å². The van der Waals surface area contributed by atoms with Crippen LogP contribution in [0.2, 0.25) is 0 Å². The van der Waals surface area contributed by atoms with Gasteiger partial charge in [0.25, 0.3) is 0 Å². The standard InChI is InChI=1S/C16H21.C13H9.Zr/c1-11-2-3-15(4-11)16-8-12-5-13(9-16)7-14(6-12)10-16;1-3-7-12-10(5-1)9-11-6-2-4-8-13(11)12;/h2-3,11-14H,5-10H2,1H3;1-9H;/q2*-1;+2. The number of hydrogen-bond donors (Lipinski definition) is 0. The summed E-state index contributed by atoms with van der Waals surface area (Å²) in [7, 11) is 0. The topological polar surface area (TPSA) is 0 Å². The molecule has 1 heteroatoms. The fourth-order valence-corrected chi connectivity index (χ4v) is 7.26. The fourth-order valence-electron chi connectivity index (χ4n) is 7.26. The maximum Gasteiger partial charge on any atom is 2.00 e. The van der Waals surface area contributed by atoms with Crippen LogP contribution in [0, 0.1) is 35.2 Å². The molecule has 0 heterocycles. The van der Waals surface area contributed by atoms with Gasteiger partial charge in [-0.05, 0) is 61.7 Å². The molecular weight excluding hydrogens is 440 g/mol. The first-order chi connectivity index (χ1) is 14.2. The van der Waals surface area contributed by atoms with Crippen molar-refractivity contribution in [1.82, 2.24) is 0 Å². The van der Waals surface area contributed by atoms with Gasteiger partial charge in [-0.3, -0.25) is 6.08 Å². The van der Waals surface area contributed by atoms with Crippen LogP contribution in [0.1, 0.15) is 45.4 Å². The predicted octanol–water partition coefficient (Wildman–Crippen LogP) is 7.85. The molecule has 4 saturated carbocycles. The Labute approximate surface area is 199 Å². The van der Waals surface area contributed by atoms with Gasteiger partial charge < -0.3 is 0 Å². The number of rotatable bonds is 1. The van der Waals surface area contributed by atoms with E-state index in [1.165, 1.54) is 40.8 Å². The molecule has 5 aliphatic rings. The Kier molecular flexibility index (Phi) is 5.47. The van der Waals surface area contributed by atoms with Gasteiger partial charge in [0.15, 0.2) is 0 Å². The maximum atomic E-state index is 3.72. The van der Waals surface area contributed by atoms with E-state index in [0.29, 0.717) is 11.3 Å². The first-order valence-electron chi connectivity index (χ1n) is 11.5. The Bertz CT molecular complexity index is 1030. The van der Waals surface area contributed by atoms with Crippen LogP contribution in [-0.4, -0.2) is 0 Å². The van der Waals surface area contributed by atoms with Crippen LogP contribution < -0.4 is 0 Å². The maximum absolute atomic E-state index is 3.72. The monoisotopic (exact) mass is 468 g/mol. The number of hydrogen-bond acceptors (Lipinski definition) is 0. The summed E-state index contributed by atoms with van der Waals surface area (Å²) >= 11 is 0. The smallest absolute Gasteiger partial charge is 0.266 e. The van der Waals surface area contributed by atoms with Crippen molar-refractivity contribution < 1.29 is 26.2 Å². The molecule has 8 rings (SSSR count). The van der Waals surface area contributed by atoms with Crippen molar-refractivity contribution in [2.75, 3.05) is 0 Å². The van der Waals surface area contributed by atoms with Gasteiger partial charge in [-0.1, -0.05) is 49.2 Å². The van der Waals surface area contributed by atoms with Crippen LogP contribution in [0.3, 0.4) is 0 Å². The predicted molar refractivity (Wildman–Crippen MR) is 123 cm³/mol. The number of allylic oxidation sites excluding steroid dienone is 4. The second-order valence-corrected chi connectivity index (χ2v) is 10.2. The zero-order valence-corrected chi connectivity index (χ0v) is 20.4. The Balaban J connectivity index is 0.000000127. The van der Waals surface area contributed by atoms with Crippen molar-refractivity contribution in [3.8, 4) is 0 Å². The van der Waals surface area contributed by atoms with E-state index >= 15 is 0 Å².